The first-order valence-corrected chi connectivity index (χ1v) is 4.49. The predicted octanol–water partition coefficient (Wildman–Crippen LogP) is 2.42. The van der Waals surface area contributed by atoms with Crippen molar-refractivity contribution in [2.24, 2.45) is 0 Å². The van der Waals surface area contributed by atoms with Crippen LogP contribution in [0.25, 0.3) is 0 Å². The van der Waals surface area contributed by atoms with Crippen LogP contribution in [0.4, 0.5) is 24.7 Å². The van der Waals surface area contributed by atoms with E-state index in [9.17, 15) is 13.2 Å². The maximum atomic E-state index is 11.8. The molecule has 0 radical (unpaired) electrons. The number of nitrogens with two attached hydrogens (primary N) is 1. The zero-order valence-corrected chi connectivity index (χ0v) is 8.01. The van der Waals surface area contributed by atoms with Gasteiger partial charge in [0.15, 0.2) is 0 Å². The van der Waals surface area contributed by atoms with Crippen LogP contribution < -0.4 is 11.1 Å². The normalized spacial score (nSPS) is 11.4. The minimum atomic E-state index is -4.08. The van der Waals surface area contributed by atoms with Gasteiger partial charge in [-0.2, -0.15) is 13.2 Å². The SMILES string of the molecule is Nc1ccc(NCCCC(F)(F)F)cn1. The van der Waals surface area contributed by atoms with E-state index in [4.69, 9.17) is 5.73 Å². The lowest BCUT2D eigenvalue weighted by Gasteiger charge is -2.07. The Morgan fingerprint density at radius 2 is 2.07 bits per heavy atom. The van der Waals surface area contributed by atoms with Crippen LogP contribution in [0.3, 0.4) is 0 Å². The topological polar surface area (TPSA) is 50.9 Å². The first kappa shape index (κ1) is 11.6. The maximum absolute atomic E-state index is 11.8. The molecule has 3 nitrogen and oxygen atoms in total. The summed E-state index contributed by atoms with van der Waals surface area (Å²) in [5.41, 5.74) is 6.02. The highest BCUT2D eigenvalue weighted by atomic mass is 19.4. The Bertz CT molecular complexity index is 294. The lowest BCUT2D eigenvalue weighted by Crippen LogP contribution is -2.11. The van der Waals surface area contributed by atoms with Crippen molar-refractivity contribution >= 4 is 11.5 Å². The van der Waals surface area contributed by atoms with Crippen molar-refractivity contribution in [3.8, 4) is 0 Å². The van der Waals surface area contributed by atoms with Gasteiger partial charge in [-0.15, -0.1) is 0 Å². The van der Waals surface area contributed by atoms with E-state index in [1.54, 1.807) is 12.1 Å². The molecule has 0 aliphatic carbocycles. The highest BCUT2D eigenvalue weighted by Gasteiger charge is 2.25. The molecule has 1 heterocycles. The maximum Gasteiger partial charge on any atom is 0.389 e. The van der Waals surface area contributed by atoms with E-state index in [2.05, 4.69) is 10.3 Å². The van der Waals surface area contributed by atoms with Crippen LogP contribution in [0.2, 0.25) is 0 Å². The summed E-state index contributed by atoms with van der Waals surface area (Å²) in [4.78, 5) is 3.80. The second-order valence-corrected chi connectivity index (χ2v) is 3.12. The second kappa shape index (κ2) is 4.86. The van der Waals surface area contributed by atoms with E-state index < -0.39 is 12.6 Å². The fourth-order valence-corrected chi connectivity index (χ4v) is 1.03. The molecule has 0 aromatic carbocycles. The summed E-state index contributed by atoms with van der Waals surface area (Å²) in [6.45, 7) is 0.269. The molecule has 0 fully saturated rings. The summed E-state index contributed by atoms with van der Waals surface area (Å²) >= 11 is 0. The zero-order chi connectivity index (χ0) is 11.3. The fourth-order valence-electron chi connectivity index (χ4n) is 1.03. The molecule has 0 saturated carbocycles. The molecule has 0 amide bonds. The highest BCUT2D eigenvalue weighted by Crippen LogP contribution is 2.21. The second-order valence-electron chi connectivity index (χ2n) is 3.12. The third-order valence-electron chi connectivity index (χ3n) is 1.75. The molecule has 1 aromatic rings. The van der Waals surface area contributed by atoms with E-state index >= 15 is 0 Å². The van der Waals surface area contributed by atoms with Crippen molar-refractivity contribution < 1.29 is 13.2 Å². The number of rotatable bonds is 4. The monoisotopic (exact) mass is 219 g/mol. The van der Waals surface area contributed by atoms with Gasteiger partial charge in [0.05, 0.1) is 11.9 Å². The van der Waals surface area contributed by atoms with E-state index in [-0.39, 0.29) is 13.0 Å². The van der Waals surface area contributed by atoms with Gasteiger partial charge in [0, 0.05) is 13.0 Å². The van der Waals surface area contributed by atoms with Crippen LogP contribution in [-0.2, 0) is 0 Å². The average Bonchev–Trinajstić information content (AvgIpc) is 2.14. The standard InChI is InChI=1S/C9H12F3N3/c10-9(11,12)4-1-5-14-7-2-3-8(13)15-6-7/h2-3,6,14H,1,4-5H2,(H2,13,15). The number of pyridine rings is 1. The molecule has 0 unspecified atom stereocenters. The number of nitrogens with one attached hydrogen (secondary N) is 1. The Balaban J connectivity index is 2.23. The minimum Gasteiger partial charge on any atom is -0.384 e. The van der Waals surface area contributed by atoms with E-state index in [1.165, 1.54) is 6.20 Å². The van der Waals surface area contributed by atoms with E-state index in [0.29, 0.717) is 11.5 Å². The van der Waals surface area contributed by atoms with Gasteiger partial charge in [-0.3, -0.25) is 0 Å². The molecule has 1 rings (SSSR count). The number of anilines is 2. The van der Waals surface area contributed by atoms with E-state index in [1.807, 2.05) is 0 Å². The number of hydrogen-bond acceptors (Lipinski definition) is 3. The summed E-state index contributed by atoms with van der Waals surface area (Å²) in [5, 5.41) is 2.83. The predicted molar refractivity (Wildman–Crippen MR) is 52.4 cm³/mol. The quantitative estimate of drug-likeness (QED) is 0.764. The van der Waals surface area contributed by atoms with E-state index in [0.717, 1.165) is 0 Å². The number of nitrogen functional groups attached to an aromatic ring is 1. The van der Waals surface area contributed by atoms with Gasteiger partial charge < -0.3 is 11.1 Å². The average molecular weight is 219 g/mol. The van der Waals surface area contributed by atoms with Crippen LogP contribution in [-0.4, -0.2) is 17.7 Å². The third kappa shape index (κ3) is 5.09. The highest BCUT2D eigenvalue weighted by molar-refractivity contribution is 5.45. The molecule has 0 aliphatic heterocycles. The Kier molecular flexibility index (Phi) is 3.76. The molecule has 3 N–H and O–H groups in total. The van der Waals surface area contributed by atoms with Crippen molar-refractivity contribution in [2.75, 3.05) is 17.6 Å². The van der Waals surface area contributed by atoms with Crippen molar-refractivity contribution in [1.82, 2.24) is 4.98 Å². The smallest absolute Gasteiger partial charge is 0.384 e. The van der Waals surface area contributed by atoms with Crippen LogP contribution in [0.5, 0.6) is 0 Å². The zero-order valence-electron chi connectivity index (χ0n) is 8.01. The summed E-state index contributed by atoms with van der Waals surface area (Å²) in [5.74, 6) is 0.385. The molecule has 0 bridgehead atoms. The molecule has 1 aromatic heterocycles. The molecular formula is C9H12F3N3. The number of hydrogen-bond donors (Lipinski definition) is 2. The molecule has 6 heteroatoms. The summed E-state index contributed by atoms with van der Waals surface area (Å²) in [6, 6.07) is 3.27. The number of alkyl halides is 3. The number of nitrogens with zero attached hydrogens (tertiary/aromatic N) is 1. The lowest BCUT2D eigenvalue weighted by molar-refractivity contribution is -0.134. The first-order chi connectivity index (χ1) is 6.97. The van der Waals surface area contributed by atoms with Crippen molar-refractivity contribution in [1.29, 1.82) is 0 Å². The summed E-state index contributed by atoms with van der Waals surface area (Å²) in [6.07, 6.45) is -3.32. The van der Waals surface area contributed by atoms with Gasteiger partial charge in [-0.1, -0.05) is 0 Å². The number of halogens is 3. The van der Waals surface area contributed by atoms with Crippen LogP contribution in [0, 0.1) is 0 Å². The summed E-state index contributed by atoms with van der Waals surface area (Å²) < 4.78 is 35.3. The Morgan fingerprint density at radius 1 is 1.33 bits per heavy atom. The summed E-state index contributed by atoms with van der Waals surface area (Å²) in [7, 11) is 0. The largest absolute Gasteiger partial charge is 0.389 e. The van der Waals surface area contributed by atoms with Crippen LogP contribution >= 0.6 is 0 Å². The fraction of sp³-hybridized carbons (Fsp3) is 0.444. The number of aromatic nitrogens is 1. The Morgan fingerprint density at radius 3 is 2.60 bits per heavy atom. The van der Waals surface area contributed by atoms with Crippen LogP contribution in [0.15, 0.2) is 18.3 Å². The molecular weight excluding hydrogens is 207 g/mol. The van der Waals surface area contributed by atoms with Gasteiger partial charge in [0.1, 0.15) is 5.82 Å². The molecule has 0 spiro atoms. The van der Waals surface area contributed by atoms with Crippen molar-refractivity contribution in [2.45, 2.75) is 19.0 Å². The van der Waals surface area contributed by atoms with Crippen LogP contribution in [0.1, 0.15) is 12.8 Å². The first-order valence-electron chi connectivity index (χ1n) is 4.49. The molecule has 0 atom stereocenters. The third-order valence-corrected chi connectivity index (χ3v) is 1.75. The van der Waals surface area contributed by atoms with Gasteiger partial charge in [-0.05, 0) is 18.6 Å². The molecule has 0 saturated heterocycles. The van der Waals surface area contributed by atoms with Gasteiger partial charge in [-0.25, -0.2) is 4.98 Å². The van der Waals surface area contributed by atoms with Gasteiger partial charge >= 0.3 is 6.18 Å². The molecule has 15 heavy (non-hydrogen) atoms. The van der Waals surface area contributed by atoms with Crippen molar-refractivity contribution in [3.63, 3.8) is 0 Å². The Hall–Kier alpha value is -1.46. The Labute approximate surface area is 85.5 Å². The molecule has 0 aliphatic rings. The lowest BCUT2D eigenvalue weighted by atomic mass is 10.3. The van der Waals surface area contributed by atoms with Crippen molar-refractivity contribution in [3.05, 3.63) is 18.3 Å². The van der Waals surface area contributed by atoms with Gasteiger partial charge in [0.2, 0.25) is 0 Å². The van der Waals surface area contributed by atoms with Gasteiger partial charge in [0.25, 0.3) is 0 Å². The minimum absolute atomic E-state index is 0.0495. The molecule has 84 valence electrons.